The molecule has 1 saturated carbocycles. The number of nitrogens with one attached hydrogen (secondary N) is 1. The van der Waals surface area contributed by atoms with E-state index in [1.54, 1.807) is 0 Å². The minimum Gasteiger partial charge on any atom is -0.479 e. The van der Waals surface area contributed by atoms with Gasteiger partial charge >= 0.3 is 11.9 Å². The van der Waals surface area contributed by atoms with Crippen LogP contribution in [0, 0.1) is 11.3 Å². The molecule has 2 aliphatic carbocycles. The number of carbonyl (C=O) groups excluding carboxylic acids is 1. The molecule has 4 rings (SSSR count). The van der Waals surface area contributed by atoms with Crippen molar-refractivity contribution in [1.29, 1.82) is 0 Å². The van der Waals surface area contributed by atoms with E-state index in [0.29, 0.717) is 11.5 Å². The van der Waals surface area contributed by atoms with Gasteiger partial charge in [-0.1, -0.05) is 18.9 Å². The fourth-order valence-electron chi connectivity index (χ4n) is 5.36. The van der Waals surface area contributed by atoms with E-state index < -0.39 is 17.5 Å². The Morgan fingerprint density at radius 3 is 2.62 bits per heavy atom. The standard InChI is InChI=1S/C22H31NO3.C3H6O3/c1-21(2,3)20(24)26-14-25-16-8-7-15-12-19-17-6-4-5-9-22(17,10-11-23-19)18(15)13-16;1-2(4)3(5)6/h7-8,13,17,19,23H,4-6,9-12,14H2,1-3H3;2,4H,1H3,(H,5,6)/t17-,19+,22+;2-/m00/s1. The number of ether oxygens (including phenoxy) is 2. The van der Waals surface area contributed by atoms with E-state index in [1.807, 2.05) is 26.8 Å². The molecular formula is C25H37NO6. The second-order valence-corrected chi connectivity index (χ2v) is 10.3. The van der Waals surface area contributed by atoms with Crippen LogP contribution >= 0.6 is 0 Å². The van der Waals surface area contributed by atoms with Gasteiger partial charge in [0, 0.05) is 11.5 Å². The molecular weight excluding hydrogens is 410 g/mol. The van der Waals surface area contributed by atoms with E-state index >= 15 is 0 Å². The molecule has 4 atom stereocenters. The third-order valence-electron chi connectivity index (χ3n) is 7.00. The second kappa shape index (κ2) is 9.79. The third-order valence-corrected chi connectivity index (χ3v) is 7.00. The maximum Gasteiger partial charge on any atom is 0.332 e. The van der Waals surface area contributed by atoms with Crippen LogP contribution in [0.1, 0.15) is 70.9 Å². The van der Waals surface area contributed by atoms with Crippen LogP contribution in [0.3, 0.4) is 0 Å². The molecule has 7 nitrogen and oxygen atoms in total. The summed E-state index contributed by atoms with van der Waals surface area (Å²) in [6, 6.07) is 7.12. The predicted molar refractivity (Wildman–Crippen MR) is 121 cm³/mol. The van der Waals surface area contributed by atoms with Gasteiger partial charge in [-0.15, -0.1) is 0 Å². The monoisotopic (exact) mass is 447 g/mol. The molecule has 2 fully saturated rings. The number of aliphatic carboxylic acids is 1. The first-order valence-corrected chi connectivity index (χ1v) is 11.6. The van der Waals surface area contributed by atoms with Crippen molar-refractivity contribution in [2.45, 2.75) is 83.8 Å². The Labute approximate surface area is 190 Å². The number of carbonyl (C=O) groups is 2. The Kier molecular flexibility index (Phi) is 7.50. The molecule has 32 heavy (non-hydrogen) atoms. The third kappa shape index (κ3) is 5.26. The summed E-state index contributed by atoms with van der Waals surface area (Å²) in [6.45, 7) is 7.85. The first-order chi connectivity index (χ1) is 15.0. The number of aliphatic hydroxyl groups is 1. The molecule has 0 unspecified atom stereocenters. The van der Waals surface area contributed by atoms with E-state index in [0.717, 1.165) is 24.6 Å². The Balaban J connectivity index is 0.000000427. The average Bonchev–Trinajstić information content (AvgIpc) is 2.73. The van der Waals surface area contributed by atoms with E-state index in [9.17, 15) is 9.59 Å². The summed E-state index contributed by atoms with van der Waals surface area (Å²) in [5.41, 5.74) is 2.79. The molecule has 0 radical (unpaired) electrons. The van der Waals surface area contributed by atoms with Crippen molar-refractivity contribution in [3.63, 3.8) is 0 Å². The highest BCUT2D eigenvalue weighted by Crippen LogP contribution is 2.54. The maximum atomic E-state index is 11.9. The largest absolute Gasteiger partial charge is 0.479 e. The van der Waals surface area contributed by atoms with Crippen LogP contribution in [0.2, 0.25) is 0 Å². The lowest BCUT2D eigenvalue weighted by Gasteiger charge is -2.56. The average molecular weight is 448 g/mol. The number of aliphatic hydroxyl groups excluding tert-OH is 1. The van der Waals surface area contributed by atoms with Crippen LogP contribution in [-0.4, -0.2) is 47.6 Å². The van der Waals surface area contributed by atoms with Gasteiger partial charge in [0.1, 0.15) is 11.9 Å². The summed E-state index contributed by atoms with van der Waals surface area (Å²) in [5.74, 6) is 0.158. The van der Waals surface area contributed by atoms with Crippen molar-refractivity contribution in [2.75, 3.05) is 13.3 Å². The van der Waals surface area contributed by atoms with Crippen LogP contribution in [0.5, 0.6) is 5.75 Å². The molecule has 3 N–H and O–H groups in total. The highest BCUT2D eigenvalue weighted by atomic mass is 16.7. The van der Waals surface area contributed by atoms with Crippen molar-refractivity contribution in [3.05, 3.63) is 29.3 Å². The molecule has 7 heteroatoms. The fourth-order valence-corrected chi connectivity index (χ4v) is 5.36. The Bertz CT molecular complexity index is 826. The molecule has 0 amide bonds. The zero-order valence-corrected chi connectivity index (χ0v) is 19.6. The van der Waals surface area contributed by atoms with Gasteiger partial charge in [0.25, 0.3) is 0 Å². The van der Waals surface area contributed by atoms with Crippen molar-refractivity contribution < 1.29 is 29.3 Å². The zero-order valence-electron chi connectivity index (χ0n) is 19.6. The summed E-state index contributed by atoms with van der Waals surface area (Å²) in [5, 5.41) is 19.5. The number of hydrogen-bond acceptors (Lipinski definition) is 6. The first kappa shape index (κ1) is 24.5. The lowest BCUT2D eigenvalue weighted by atomic mass is 9.53. The number of carboxylic acid groups (broad SMARTS) is 1. The number of hydrogen-bond donors (Lipinski definition) is 3. The van der Waals surface area contributed by atoms with E-state index in [2.05, 4.69) is 17.4 Å². The lowest BCUT2D eigenvalue weighted by Crippen LogP contribution is -2.59. The minimum absolute atomic E-state index is 0.0184. The zero-order chi connectivity index (χ0) is 23.5. The molecule has 3 aliphatic rings. The second-order valence-electron chi connectivity index (χ2n) is 10.3. The summed E-state index contributed by atoms with van der Waals surface area (Å²) in [4.78, 5) is 21.4. The number of fused-ring (bicyclic) bond motifs is 1. The molecule has 0 aromatic heterocycles. The van der Waals surface area contributed by atoms with Crippen LogP contribution in [-0.2, 0) is 26.2 Å². The first-order valence-electron chi connectivity index (χ1n) is 11.6. The minimum atomic E-state index is -1.23. The van der Waals surface area contributed by atoms with Gasteiger partial charge < -0.3 is 25.0 Å². The van der Waals surface area contributed by atoms with Gasteiger partial charge in [0.2, 0.25) is 6.79 Å². The molecule has 178 valence electrons. The number of rotatable bonds is 4. The lowest BCUT2D eigenvalue weighted by molar-refractivity contribution is -0.159. The summed E-state index contributed by atoms with van der Waals surface area (Å²) >= 11 is 0. The molecule has 1 aliphatic heterocycles. The van der Waals surface area contributed by atoms with Crippen LogP contribution in [0.25, 0.3) is 0 Å². The number of benzene rings is 1. The van der Waals surface area contributed by atoms with Crippen molar-refractivity contribution in [1.82, 2.24) is 5.32 Å². The normalized spacial score (nSPS) is 27.0. The fraction of sp³-hybridized carbons (Fsp3) is 0.680. The Morgan fingerprint density at radius 2 is 1.97 bits per heavy atom. The van der Waals surface area contributed by atoms with Crippen molar-refractivity contribution in [2.24, 2.45) is 11.3 Å². The van der Waals surface area contributed by atoms with Crippen LogP contribution < -0.4 is 10.1 Å². The van der Waals surface area contributed by atoms with Gasteiger partial charge in [-0.25, -0.2) is 4.79 Å². The highest BCUT2D eigenvalue weighted by Gasteiger charge is 2.51. The molecule has 1 saturated heterocycles. The topological polar surface area (TPSA) is 105 Å². The van der Waals surface area contributed by atoms with Gasteiger partial charge in [-0.3, -0.25) is 4.79 Å². The summed E-state index contributed by atoms with van der Waals surface area (Å²) < 4.78 is 11.1. The molecule has 2 bridgehead atoms. The smallest absolute Gasteiger partial charge is 0.332 e. The maximum absolute atomic E-state index is 11.9. The molecule has 1 heterocycles. The van der Waals surface area contributed by atoms with Crippen molar-refractivity contribution in [3.8, 4) is 5.75 Å². The van der Waals surface area contributed by atoms with E-state index in [4.69, 9.17) is 19.7 Å². The number of carboxylic acids is 1. The van der Waals surface area contributed by atoms with E-state index in [1.165, 1.54) is 50.2 Å². The number of piperidine rings is 1. The highest BCUT2D eigenvalue weighted by molar-refractivity contribution is 5.75. The molecule has 0 spiro atoms. The Hall–Kier alpha value is -2.12. The number of esters is 1. The van der Waals surface area contributed by atoms with Gasteiger partial charge in [0.15, 0.2) is 0 Å². The SMILES string of the molecule is CC(C)(C)C(=O)OCOc1ccc2c(c1)[C@@]13CCCC[C@H]1[C@@H](C2)NCC3.C[C@H](O)C(=O)O. The quantitative estimate of drug-likeness (QED) is 0.480. The van der Waals surface area contributed by atoms with Gasteiger partial charge in [0.05, 0.1) is 5.41 Å². The van der Waals surface area contributed by atoms with Crippen molar-refractivity contribution >= 4 is 11.9 Å². The Morgan fingerprint density at radius 1 is 1.25 bits per heavy atom. The van der Waals surface area contributed by atoms with Crippen LogP contribution in [0.15, 0.2) is 18.2 Å². The van der Waals surface area contributed by atoms with Gasteiger partial charge in [-0.2, -0.15) is 0 Å². The molecule has 1 aromatic carbocycles. The summed E-state index contributed by atoms with van der Waals surface area (Å²) in [7, 11) is 0. The van der Waals surface area contributed by atoms with E-state index in [-0.39, 0.29) is 12.8 Å². The summed E-state index contributed by atoms with van der Waals surface area (Å²) in [6.07, 6.45) is 6.45. The van der Waals surface area contributed by atoms with Gasteiger partial charge in [-0.05, 0) is 89.1 Å². The predicted octanol–water partition coefficient (Wildman–Crippen LogP) is 3.41. The van der Waals surface area contributed by atoms with Crippen LogP contribution in [0.4, 0.5) is 0 Å². The molecule has 1 aromatic rings.